The zero-order chi connectivity index (χ0) is 11.4. The van der Waals surface area contributed by atoms with E-state index >= 15 is 0 Å². The maximum atomic E-state index is 13.2. The van der Waals surface area contributed by atoms with Gasteiger partial charge in [-0.1, -0.05) is 15.9 Å². The number of ketones is 2. The smallest absolute Gasteiger partial charge is 0.229 e. The first-order chi connectivity index (χ1) is 7.10. The highest BCUT2D eigenvalue weighted by molar-refractivity contribution is 9.09. The fourth-order valence-electron chi connectivity index (χ4n) is 1.03. The molecule has 0 N–H and O–H groups in total. The molecule has 0 aliphatic carbocycles. The van der Waals surface area contributed by atoms with Crippen molar-refractivity contribution in [3.05, 3.63) is 29.6 Å². The molecule has 1 aromatic carbocycles. The Bertz CT molecular complexity index is 404. The SMILES string of the molecule is COc1ccc(C(=O)C(=O)CBr)cc1F. The molecule has 0 radical (unpaired) electrons. The molecule has 0 aliphatic heterocycles. The van der Waals surface area contributed by atoms with Crippen molar-refractivity contribution in [1.82, 2.24) is 0 Å². The predicted molar refractivity (Wildman–Crippen MR) is 56.1 cm³/mol. The van der Waals surface area contributed by atoms with Crippen LogP contribution in [-0.2, 0) is 4.79 Å². The van der Waals surface area contributed by atoms with E-state index in [4.69, 9.17) is 0 Å². The summed E-state index contributed by atoms with van der Waals surface area (Å²) >= 11 is 2.87. The zero-order valence-corrected chi connectivity index (χ0v) is 9.51. The third kappa shape index (κ3) is 2.62. The van der Waals surface area contributed by atoms with Crippen molar-refractivity contribution in [3.63, 3.8) is 0 Å². The van der Waals surface area contributed by atoms with E-state index in [0.29, 0.717) is 0 Å². The first-order valence-electron chi connectivity index (χ1n) is 4.07. The van der Waals surface area contributed by atoms with Gasteiger partial charge in [-0.15, -0.1) is 0 Å². The van der Waals surface area contributed by atoms with E-state index in [1.807, 2.05) is 0 Å². The molecule has 80 valence electrons. The molecule has 0 aromatic heterocycles. The molecule has 1 aromatic rings. The lowest BCUT2D eigenvalue weighted by atomic mass is 10.1. The van der Waals surface area contributed by atoms with E-state index in [1.165, 1.54) is 19.2 Å². The maximum Gasteiger partial charge on any atom is 0.229 e. The van der Waals surface area contributed by atoms with Gasteiger partial charge >= 0.3 is 0 Å². The number of carbonyl (C=O) groups is 2. The maximum absolute atomic E-state index is 13.2. The van der Waals surface area contributed by atoms with Gasteiger partial charge in [-0.05, 0) is 18.2 Å². The number of hydrogen-bond acceptors (Lipinski definition) is 3. The van der Waals surface area contributed by atoms with E-state index in [2.05, 4.69) is 20.7 Å². The molecule has 5 heteroatoms. The van der Waals surface area contributed by atoms with Crippen LogP contribution in [0.3, 0.4) is 0 Å². The number of alkyl halides is 1. The highest BCUT2D eigenvalue weighted by Gasteiger charge is 2.16. The van der Waals surface area contributed by atoms with Gasteiger partial charge in [0.05, 0.1) is 12.4 Å². The second-order valence-corrected chi connectivity index (χ2v) is 3.30. The van der Waals surface area contributed by atoms with Crippen LogP contribution >= 0.6 is 15.9 Å². The summed E-state index contributed by atoms with van der Waals surface area (Å²) in [5, 5.41) is -0.0700. The van der Waals surface area contributed by atoms with Crippen molar-refractivity contribution in [2.75, 3.05) is 12.4 Å². The second-order valence-electron chi connectivity index (χ2n) is 2.74. The average molecular weight is 275 g/mol. The molecule has 15 heavy (non-hydrogen) atoms. The van der Waals surface area contributed by atoms with Crippen LogP contribution in [0.1, 0.15) is 10.4 Å². The summed E-state index contributed by atoms with van der Waals surface area (Å²) in [6.45, 7) is 0. The van der Waals surface area contributed by atoms with Crippen molar-refractivity contribution in [2.24, 2.45) is 0 Å². The van der Waals surface area contributed by atoms with Gasteiger partial charge < -0.3 is 4.74 Å². The fourth-order valence-corrected chi connectivity index (χ4v) is 1.28. The minimum absolute atomic E-state index is 0.0257. The topological polar surface area (TPSA) is 43.4 Å². The molecule has 0 aliphatic rings. The molecule has 3 nitrogen and oxygen atoms in total. The molecule has 0 amide bonds. The second kappa shape index (κ2) is 5.02. The van der Waals surface area contributed by atoms with Gasteiger partial charge in [0.25, 0.3) is 0 Å². The van der Waals surface area contributed by atoms with Crippen molar-refractivity contribution in [1.29, 1.82) is 0 Å². The quantitative estimate of drug-likeness (QED) is 0.479. The molecule has 0 saturated carbocycles. The standard InChI is InChI=1S/C10H8BrFO3/c1-15-9-3-2-6(4-7(9)12)10(14)8(13)5-11/h2-4H,5H2,1H3. The molecule has 0 bridgehead atoms. The third-order valence-corrected chi connectivity index (χ3v) is 2.30. The molecule has 0 heterocycles. The minimum atomic E-state index is -0.714. The monoisotopic (exact) mass is 274 g/mol. The lowest BCUT2D eigenvalue weighted by molar-refractivity contribution is -0.112. The summed E-state index contributed by atoms with van der Waals surface area (Å²) in [4.78, 5) is 22.4. The zero-order valence-electron chi connectivity index (χ0n) is 7.92. The van der Waals surface area contributed by atoms with Crippen LogP contribution in [0.25, 0.3) is 0 Å². The summed E-state index contributed by atoms with van der Waals surface area (Å²) in [7, 11) is 1.32. The number of carbonyl (C=O) groups excluding carboxylic acids is 2. The Morgan fingerprint density at radius 1 is 1.47 bits per heavy atom. The molecular weight excluding hydrogens is 267 g/mol. The van der Waals surface area contributed by atoms with Crippen LogP contribution in [-0.4, -0.2) is 24.0 Å². The fraction of sp³-hybridized carbons (Fsp3) is 0.200. The molecule has 0 saturated heterocycles. The minimum Gasteiger partial charge on any atom is -0.494 e. The molecule has 1 rings (SSSR count). The van der Waals surface area contributed by atoms with Crippen LogP contribution in [0.5, 0.6) is 5.75 Å². The lowest BCUT2D eigenvalue weighted by Gasteiger charge is -2.03. The van der Waals surface area contributed by atoms with E-state index in [1.54, 1.807) is 0 Å². The van der Waals surface area contributed by atoms with Crippen molar-refractivity contribution < 1.29 is 18.7 Å². The van der Waals surface area contributed by atoms with E-state index in [9.17, 15) is 14.0 Å². The number of Topliss-reactive ketones (excluding diaryl/α,β-unsaturated/α-hetero) is 2. The molecule has 0 spiro atoms. The van der Waals surface area contributed by atoms with Gasteiger partial charge in [-0.25, -0.2) is 4.39 Å². The highest BCUT2D eigenvalue weighted by Crippen LogP contribution is 2.18. The summed E-state index contributed by atoms with van der Waals surface area (Å²) in [6.07, 6.45) is 0. The predicted octanol–water partition coefficient (Wildman–Crippen LogP) is 1.98. The number of rotatable bonds is 4. The molecule has 0 fully saturated rings. The number of halogens is 2. The van der Waals surface area contributed by atoms with Crippen LogP contribution in [0, 0.1) is 5.82 Å². The van der Waals surface area contributed by atoms with Gasteiger partial charge in [-0.3, -0.25) is 9.59 Å². The third-order valence-electron chi connectivity index (χ3n) is 1.79. The average Bonchev–Trinajstić information content (AvgIpc) is 2.26. The van der Waals surface area contributed by atoms with Gasteiger partial charge in [-0.2, -0.15) is 0 Å². The Labute approximate surface area is 94.4 Å². The van der Waals surface area contributed by atoms with Gasteiger partial charge in [0.2, 0.25) is 11.6 Å². The van der Waals surface area contributed by atoms with Gasteiger partial charge in [0.15, 0.2) is 11.6 Å². The summed E-state index contributed by atoms with van der Waals surface area (Å²) in [5.41, 5.74) is 0.0257. The van der Waals surface area contributed by atoms with Crippen molar-refractivity contribution in [3.8, 4) is 5.75 Å². The molecular formula is C10H8BrFO3. The van der Waals surface area contributed by atoms with Gasteiger partial charge in [0.1, 0.15) is 0 Å². The number of ether oxygens (including phenoxy) is 1. The Morgan fingerprint density at radius 2 is 2.13 bits per heavy atom. The number of methoxy groups -OCH3 is 1. The number of benzene rings is 1. The Balaban J connectivity index is 3.02. The van der Waals surface area contributed by atoms with Crippen molar-refractivity contribution in [2.45, 2.75) is 0 Å². The Morgan fingerprint density at radius 3 is 2.60 bits per heavy atom. The summed E-state index contributed by atoms with van der Waals surface area (Å²) in [6, 6.07) is 3.65. The molecule has 0 atom stereocenters. The van der Waals surface area contributed by atoms with E-state index in [-0.39, 0.29) is 16.6 Å². The van der Waals surface area contributed by atoms with Gasteiger partial charge in [0, 0.05) is 5.56 Å². The highest BCUT2D eigenvalue weighted by atomic mass is 79.9. The van der Waals surface area contributed by atoms with Crippen LogP contribution in [0.2, 0.25) is 0 Å². The Kier molecular flexibility index (Phi) is 3.96. The normalized spacial score (nSPS) is 9.80. The first kappa shape index (κ1) is 11.8. The Hall–Kier alpha value is -1.23. The van der Waals surface area contributed by atoms with Crippen LogP contribution in [0.15, 0.2) is 18.2 Å². The van der Waals surface area contributed by atoms with Crippen LogP contribution < -0.4 is 4.74 Å². The largest absolute Gasteiger partial charge is 0.494 e. The van der Waals surface area contributed by atoms with Crippen LogP contribution in [0.4, 0.5) is 4.39 Å². The summed E-state index contributed by atoms with van der Waals surface area (Å²) < 4.78 is 17.9. The van der Waals surface area contributed by atoms with E-state index < -0.39 is 17.4 Å². The van der Waals surface area contributed by atoms with E-state index in [0.717, 1.165) is 6.07 Å². The lowest BCUT2D eigenvalue weighted by Crippen LogP contribution is -2.15. The summed E-state index contributed by atoms with van der Waals surface area (Å²) in [5.74, 6) is -1.95. The first-order valence-corrected chi connectivity index (χ1v) is 5.19. The number of hydrogen-bond donors (Lipinski definition) is 0. The molecule has 0 unspecified atom stereocenters. The van der Waals surface area contributed by atoms with Crippen molar-refractivity contribution >= 4 is 27.5 Å².